The van der Waals surface area contributed by atoms with E-state index in [0.29, 0.717) is 11.1 Å². The third-order valence-electron chi connectivity index (χ3n) is 6.26. The molecule has 0 heterocycles. The van der Waals surface area contributed by atoms with Gasteiger partial charge in [-0.2, -0.15) is 25.6 Å². The Bertz CT molecular complexity index is 1490. The Balaban J connectivity index is 1.62. The Kier molecular flexibility index (Phi) is 5.05. The first-order chi connectivity index (χ1) is 15.9. The number of halogens is 4. The quantitative estimate of drug-likeness (QED) is 0.242. The molecule has 34 heavy (non-hydrogen) atoms. The summed E-state index contributed by atoms with van der Waals surface area (Å²) in [6, 6.07) is 14.2. The second-order valence-electron chi connectivity index (χ2n) is 8.03. The third-order valence-corrected chi connectivity index (χ3v) is 8.74. The SMILES string of the molecule is O=S(=O)(O)c1c(F)c(F)c(OS(=O)(=O)C2CC3c4ccccc4C2c2ccccc23)c(F)c1F. The van der Waals surface area contributed by atoms with E-state index in [9.17, 15) is 34.4 Å². The van der Waals surface area contributed by atoms with Crippen LogP contribution in [0.2, 0.25) is 0 Å². The molecule has 1 atom stereocenters. The molecule has 12 heteroatoms. The maximum absolute atomic E-state index is 14.5. The van der Waals surface area contributed by atoms with Crippen LogP contribution in [0.25, 0.3) is 0 Å². The second-order valence-corrected chi connectivity index (χ2v) is 11.1. The zero-order valence-corrected chi connectivity index (χ0v) is 18.5. The van der Waals surface area contributed by atoms with Crippen molar-refractivity contribution in [1.29, 1.82) is 0 Å². The molecule has 2 bridgehead atoms. The summed E-state index contributed by atoms with van der Waals surface area (Å²) in [6.07, 6.45) is -0.0155. The van der Waals surface area contributed by atoms with Crippen LogP contribution >= 0.6 is 0 Å². The average Bonchev–Trinajstić information content (AvgIpc) is 2.80. The zero-order chi connectivity index (χ0) is 24.6. The van der Waals surface area contributed by atoms with Crippen LogP contribution in [0.1, 0.15) is 40.5 Å². The fourth-order valence-corrected chi connectivity index (χ4v) is 7.12. The van der Waals surface area contributed by atoms with Gasteiger partial charge in [0, 0.05) is 11.8 Å². The summed E-state index contributed by atoms with van der Waals surface area (Å²) in [5.41, 5.74) is 3.14. The number of hydrogen-bond donors (Lipinski definition) is 1. The van der Waals surface area contributed by atoms with Crippen molar-refractivity contribution in [2.24, 2.45) is 0 Å². The highest BCUT2D eigenvalue weighted by molar-refractivity contribution is 7.87. The highest BCUT2D eigenvalue weighted by Crippen LogP contribution is 2.54. The van der Waals surface area contributed by atoms with Crippen molar-refractivity contribution in [2.45, 2.75) is 28.4 Å². The fourth-order valence-electron chi connectivity index (χ4n) is 4.93. The Morgan fingerprint density at radius 1 is 0.735 bits per heavy atom. The molecular formula is C22H14F4O6S2. The molecule has 0 saturated carbocycles. The van der Waals surface area contributed by atoms with Gasteiger partial charge in [-0.25, -0.2) is 8.78 Å². The molecule has 3 aliphatic carbocycles. The van der Waals surface area contributed by atoms with Crippen LogP contribution in [0, 0.1) is 23.3 Å². The first kappa shape index (κ1) is 22.8. The van der Waals surface area contributed by atoms with Crippen molar-refractivity contribution in [2.75, 3.05) is 0 Å². The van der Waals surface area contributed by atoms with Crippen LogP contribution in [0.4, 0.5) is 17.6 Å². The summed E-state index contributed by atoms with van der Waals surface area (Å²) in [7, 11) is -10.6. The Hall–Kier alpha value is -2.96. The van der Waals surface area contributed by atoms with E-state index in [1.165, 1.54) is 0 Å². The summed E-state index contributed by atoms with van der Waals surface area (Å²) in [6.45, 7) is 0. The van der Waals surface area contributed by atoms with E-state index in [-0.39, 0.29) is 12.3 Å². The lowest BCUT2D eigenvalue weighted by molar-refractivity contribution is 0.357. The molecule has 1 N–H and O–H groups in total. The van der Waals surface area contributed by atoms with Gasteiger partial charge in [-0.1, -0.05) is 48.5 Å². The molecule has 0 spiro atoms. The largest absolute Gasteiger partial charge is 0.376 e. The van der Waals surface area contributed by atoms with E-state index in [2.05, 4.69) is 4.18 Å². The van der Waals surface area contributed by atoms with Crippen molar-refractivity contribution in [3.05, 3.63) is 94.1 Å². The van der Waals surface area contributed by atoms with E-state index in [4.69, 9.17) is 4.55 Å². The molecule has 3 aromatic rings. The van der Waals surface area contributed by atoms with Gasteiger partial charge in [-0.3, -0.25) is 4.55 Å². The molecule has 6 rings (SSSR count). The molecule has 0 fully saturated rings. The molecule has 0 amide bonds. The smallest absolute Gasteiger partial charge is 0.313 e. The molecule has 3 aliphatic rings. The summed E-state index contributed by atoms with van der Waals surface area (Å²) in [5, 5.41) is -1.35. The summed E-state index contributed by atoms with van der Waals surface area (Å²) < 4.78 is 119. The van der Waals surface area contributed by atoms with Gasteiger partial charge < -0.3 is 4.18 Å². The lowest BCUT2D eigenvalue weighted by Gasteiger charge is -2.44. The first-order valence-electron chi connectivity index (χ1n) is 9.88. The fraction of sp³-hybridized carbons (Fsp3) is 0.182. The zero-order valence-electron chi connectivity index (χ0n) is 16.9. The Morgan fingerprint density at radius 2 is 1.18 bits per heavy atom. The third kappa shape index (κ3) is 3.23. The number of hydrogen-bond acceptors (Lipinski definition) is 5. The molecule has 178 valence electrons. The monoisotopic (exact) mass is 514 g/mol. The van der Waals surface area contributed by atoms with Crippen LogP contribution in [-0.2, 0) is 20.2 Å². The van der Waals surface area contributed by atoms with Gasteiger partial charge in [0.1, 0.15) is 5.25 Å². The van der Waals surface area contributed by atoms with Crippen molar-refractivity contribution in [3.8, 4) is 5.75 Å². The lowest BCUT2D eigenvalue weighted by atomic mass is 9.63. The summed E-state index contributed by atoms with van der Waals surface area (Å²) >= 11 is 0. The van der Waals surface area contributed by atoms with E-state index in [1.807, 2.05) is 12.1 Å². The van der Waals surface area contributed by atoms with Crippen molar-refractivity contribution >= 4 is 20.2 Å². The van der Waals surface area contributed by atoms with Crippen LogP contribution in [0.3, 0.4) is 0 Å². The minimum atomic E-state index is -5.70. The summed E-state index contributed by atoms with van der Waals surface area (Å²) in [5.74, 6) is -12.9. The van der Waals surface area contributed by atoms with Gasteiger partial charge in [0.05, 0.1) is 0 Å². The molecule has 6 nitrogen and oxygen atoms in total. The highest BCUT2D eigenvalue weighted by Gasteiger charge is 2.50. The Morgan fingerprint density at radius 3 is 1.62 bits per heavy atom. The minimum Gasteiger partial charge on any atom is -0.376 e. The van der Waals surface area contributed by atoms with E-state index < -0.39 is 65.3 Å². The molecule has 0 radical (unpaired) electrons. The first-order valence-corrected chi connectivity index (χ1v) is 12.8. The van der Waals surface area contributed by atoms with Crippen LogP contribution in [0.5, 0.6) is 5.75 Å². The van der Waals surface area contributed by atoms with Crippen LogP contribution in [-0.4, -0.2) is 26.6 Å². The van der Waals surface area contributed by atoms with Crippen molar-refractivity contribution < 1.29 is 43.1 Å². The molecule has 1 unspecified atom stereocenters. The van der Waals surface area contributed by atoms with Gasteiger partial charge in [0.2, 0.25) is 17.4 Å². The van der Waals surface area contributed by atoms with Gasteiger partial charge in [-0.15, -0.1) is 0 Å². The number of benzene rings is 3. The minimum absolute atomic E-state index is 0.0155. The second kappa shape index (κ2) is 7.52. The van der Waals surface area contributed by atoms with Gasteiger partial charge in [-0.05, 0) is 28.7 Å². The van der Waals surface area contributed by atoms with Gasteiger partial charge in [0.25, 0.3) is 0 Å². The predicted octanol–water partition coefficient (Wildman–Crippen LogP) is 4.25. The normalized spacial score (nSPS) is 21.1. The molecule has 0 aromatic heterocycles. The summed E-state index contributed by atoms with van der Waals surface area (Å²) in [4.78, 5) is -2.29. The van der Waals surface area contributed by atoms with Gasteiger partial charge in [0.15, 0.2) is 16.5 Å². The van der Waals surface area contributed by atoms with Crippen molar-refractivity contribution in [1.82, 2.24) is 0 Å². The molecule has 0 saturated heterocycles. The molecule has 0 aliphatic heterocycles. The molecule has 3 aromatic carbocycles. The number of fused-ring (bicyclic) bond motifs is 1. The van der Waals surface area contributed by atoms with Crippen molar-refractivity contribution in [3.63, 3.8) is 0 Å². The molecular weight excluding hydrogens is 500 g/mol. The highest BCUT2D eigenvalue weighted by atomic mass is 32.2. The van der Waals surface area contributed by atoms with Gasteiger partial charge >= 0.3 is 20.2 Å². The average molecular weight is 514 g/mol. The van der Waals surface area contributed by atoms with Crippen LogP contribution < -0.4 is 4.18 Å². The lowest BCUT2D eigenvalue weighted by Crippen LogP contribution is -2.42. The standard InChI is InChI=1S/C22H14F4O6S2/c23-17-19(25)22(33(27,28)29)20(26)18(24)21(17)32-34(30,31)15-9-14-10-5-1-3-7-12(10)16(15)13-8-4-2-6-11(13)14/h1-8,14-16H,9H2,(H,27,28,29). The predicted molar refractivity (Wildman–Crippen MR) is 111 cm³/mol. The maximum atomic E-state index is 14.5. The van der Waals surface area contributed by atoms with Crippen LogP contribution in [0.15, 0.2) is 53.4 Å². The number of rotatable bonds is 4. The van der Waals surface area contributed by atoms with E-state index in [0.717, 1.165) is 11.1 Å². The van der Waals surface area contributed by atoms with E-state index in [1.54, 1.807) is 36.4 Å². The Labute approximate surface area is 191 Å². The van der Waals surface area contributed by atoms with E-state index >= 15 is 0 Å². The topological polar surface area (TPSA) is 97.7 Å². The maximum Gasteiger partial charge on any atom is 0.313 e.